The van der Waals surface area contributed by atoms with Gasteiger partial charge < -0.3 is 14.7 Å². The number of aryl methyl sites for hydroxylation is 4. The Morgan fingerprint density at radius 1 is 0.565 bits per heavy atom. The lowest BCUT2D eigenvalue weighted by Gasteiger charge is -2.52. The number of hydrogen-bond acceptors (Lipinski definition) is 3. The van der Waals surface area contributed by atoms with Crippen molar-refractivity contribution in [3.05, 3.63) is 186 Å². The number of fused-ring (bicyclic) bond motifs is 8. The monoisotopic (exact) mass is 801 g/mol. The van der Waals surface area contributed by atoms with Crippen molar-refractivity contribution >= 4 is 79.4 Å². The van der Waals surface area contributed by atoms with E-state index in [0.717, 1.165) is 11.4 Å². The molecule has 4 aliphatic rings. The first kappa shape index (κ1) is 37.3. The maximum atomic E-state index is 2.83. The predicted octanol–water partition coefficient (Wildman–Crippen LogP) is 13.6. The van der Waals surface area contributed by atoms with Gasteiger partial charge in [-0.25, -0.2) is 0 Å². The molecule has 4 heteroatoms. The number of rotatable bonds is 5. The molecule has 2 unspecified atom stereocenters. The molecule has 2 atom stereocenters. The van der Waals surface area contributed by atoms with Gasteiger partial charge in [0.2, 0.25) is 0 Å². The summed E-state index contributed by atoms with van der Waals surface area (Å²) in [6.45, 7) is 14.3. The van der Waals surface area contributed by atoms with Gasteiger partial charge >= 0.3 is 0 Å². The van der Waals surface area contributed by atoms with Crippen LogP contribution in [0.3, 0.4) is 0 Å². The highest BCUT2D eigenvalue weighted by atomic mass is 15.3. The molecule has 1 saturated carbocycles. The van der Waals surface area contributed by atoms with Crippen molar-refractivity contribution in [2.24, 2.45) is 0 Å². The third kappa shape index (κ3) is 5.13. The number of nitrogens with zero attached hydrogens (tertiary/aromatic N) is 3. The molecule has 3 aliphatic heterocycles. The predicted molar refractivity (Wildman–Crippen MR) is 265 cm³/mol. The first-order valence-electron chi connectivity index (χ1n) is 22.7. The maximum Gasteiger partial charge on any atom is 0.252 e. The Kier molecular flexibility index (Phi) is 8.11. The van der Waals surface area contributed by atoms with Crippen LogP contribution >= 0.6 is 0 Å². The molecule has 0 radical (unpaired) electrons. The van der Waals surface area contributed by atoms with Crippen molar-refractivity contribution in [3.63, 3.8) is 0 Å². The van der Waals surface area contributed by atoms with Crippen LogP contribution in [-0.2, 0) is 5.41 Å². The van der Waals surface area contributed by atoms with E-state index in [4.69, 9.17) is 0 Å². The number of hydrogen-bond donors (Lipinski definition) is 0. The van der Waals surface area contributed by atoms with Gasteiger partial charge in [-0.3, -0.25) is 0 Å². The molecule has 0 amide bonds. The molecular weight excluding hydrogens is 749 g/mol. The van der Waals surface area contributed by atoms with E-state index in [-0.39, 0.29) is 17.7 Å². The van der Waals surface area contributed by atoms with E-state index in [1.54, 1.807) is 0 Å². The van der Waals surface area contributed by atoms with Crippen LogP contribution in [-0.4, -0.2) is 12.3 Å². The molecular formula is C58H52BN3. The fourth-order valence-corrected chi connectivity index (χ4v) is 12.6. The smallest absolute Gasteiger partial charge is 0.252 e. The fraction of sp³-hybridized carbons (Fsp3) is 0.207. The van der Waals surface area contributed by atoms with Crippen molar-refractivity contribution in [1.29, 1.82) is 0 Å². The van der Waals surface area contributed by atoms with E-state index in [2.05, 4.69) is 214 Å². The van der Waals surface area contributed by atoms with E-state index < -0.39 is 0 Å². The third-order valence-corrected chi connectivity index (χ3v) is 15.4. The van der Waals surface area contributed by atoms with Crippen LogP contribution in [0, 0.1) is 27.7 Å². The normalized spacial score (nSPS) is 19.2. The first-order chi connectivity index (χ1) is 30.1. The zero-order chi connectivity index (χ0) is 42.1. The van der Waals surface area contributed by atoms with E-state index in [1.807, 2.05) is 0 Å². The van der Waals surface area contributed by atoms with Gasteiger partial charge in [0.1, 0.15) is 0 Å². The van der Waals surface area contributed by atoms with Crippen molar-refractivity contribution in [3.8, 4) is 11.1 Å². The van der Waals surface area contributed by atoms with Gasteiger partial charge in [-0.1, -0.05) is 135 Å². The van der Waals surface area contributed by atoms with Gasteiger partial charge in [0.05, 0.1) is 11.2 Å². The van der Waals surface area contributed by atoms with Crippen molar-refractivity contribution in [2.75, 3.05) is 14.7 Å². The van der Waals surface area contributed by atoms with Gasteiger partial charge in [0.15, 0.2) is 0 Å². The SMILES string of the molecule is Cc1cc(C)c(N(c2cccc(-c3cccc4ccccc34)c2)c2ccc3c(c2)N(c2ccccc2)c2cc(C)cc4c2B3c2cccc3c2N4C2(C)CCCCC32C)c(C)c1. The average molecular weight is 802 g/mol. The maximum absolute atomic E-state index is 2.83. The lowest BCUT2D eigenvalue weighted by molar-refractivity contribution is 0.195. The second-order valence-corrected chi connectivity index (χ2v) is 19.1. The Morgan fingerprint density at radius 3 is 2.10 bits per heavy atom. The van der Waals surface area contributed by atoms with Crippen LogP contribution in [0.2, 0.25) is 0 Å². The van der Waals surface area contributed by atoms with Crippen LogP contribution in [0.1, 0.15) is 67.3 Å². The lowest BCUT2D eigenvalue weighted by Crippen LogP contribution is -2.64. The molecule has 8 aromatic rings. The van der Waals surface area contributed by atoms with Gasteiger partial charge in [0, 0.05) is 45.2 Å². The molecule has 0 spiro atoms. The second kappa shape index (κ2) is 13.5. The average Bonchev–Trinajstić information content (AvgIpc) is 3.49. The molecule has 1 aliphatic carbocycles. The second-order valence-electron chi connectivity index (χ2n) is 19.1. The fourth-order valence-electron chi connectivity index (χ4n) is 12.6. The molecule has 3 heterocycles. The topological polar surface area (TPSA) is 9.72 Å². The van der Waals surface area contributed by atoms with Crippen LogP contribution in [0.4, 0.5) is 45.5 Å². The van der Waals surface area contributed by atoms with E-state index >= 15 is 0 Å². The Morgan fingerprint density at radius 2 is 1.26 bits per heavy atom. The third-order valence-electron chi connectivity index (χ3n) is 15.4. The van der Waals surface area contributed by atoms with E-state index in [0.29, 0.717) is 0 Å². The summed E-state index contributed by atoms with van der Waals surface area (Å²) < 4.78 is 0. The Bertz CT molecular complexity index is 3120. The van der Waals surface area contributed by atoms with Crippen molar-refractivity contribution in [1.82, 2.24) is 0 Å². The van der Waals surface area contributed by atoms with Crippen LogP contribution in [0.25, 0.3) is 21.9 Å². The van der Waals surface area contributed by atoms with Gasteiger partial charge in [-0.15, -0.1) is 0 Å². The summed E-state index contributed by atoms with van der Waals surface area (Å²) >= 11 is 0. The molecule has 12 rings (SSSR count). The quantitative estimate of drug-likeness (QED) is 0.161. The van der Waals surface area contributed by atoms with E-state index in [9.17, 15) is 0 Å². The zero-order valence-electron chi connectivity index (χ0n) is 36.8. The summed E-state index contributed by atoms with van der Waals surface area (Å²) in [5.41, 5.74) is 23.5. The van der Waals surface area contributed by atoms with Gasteiger partial charge in [-0.05, 0) is 157 Å². The molecule has 302 valence electrons. The molecule has 3 nitrogen and oxygen atoms in total. The first-order valence-corrected chi connectivity index (χ1v) is 22.7. The molecule has 0 N–H and O–H groups in total. The highest BCUT2D eigenvalue weighted by molar-refractivity contribution is 7.00. The summed E-state index contributed by atoms with van der Waals surface area (Å²) in [6.07, 6.45) is 4.98. The Hall–Kier alpha value is -6.52. The Labute approximate surface area is 367 Å². The highest BCUT2D eigenvalue weighted by Crippen LogP contribution is 2.61. The number of benzene rings is 8. The Balaban J connectivity index is 1.12. The molecule has 0 aromatic heterocycles. The zero-order valence-corrected chi connectivity index (χ0v) is 36.8. The molecule has 62 heavy (non-hydrogen) atoms. The lowest BCUT2D eigenvalue weighted by atomic mass is 9.33. The summed E-state index contributed by atoms with van der Waals surface area (Å²) in [4.78, 5) is 7.93. The summed E-state index contributed by atoms with van der Waals surface area (Å²) in [7, 11) is 0. The van der Waals surface area contributed by atoms with E-state index in [1.165, 1.54) is 126 Å². The van der Waals surface area contributed by atoms with Gasteiger partial charge in [0.25, 0.3) is 6.71 Å². The number of anilines is 8. The van der Waals surface area contributed by atoms with Crippen LogP contribution in [0.5, 0.6) is 0 Å². The van der Waals surface area contributed by atoms with Crippen molar-refractivity contribution < 1.29 is 0 Å². The van der Waals surface area contributed by atoms with Crippen molar-refractivity contribution in [2.45, 2.75) is 78.2 Å². The summed E-state index contributed by atoms with van der Waals surface area (Å²) in [5.74, 6) is 0. The van der Waals surface area contributed by atoms with Crippen LogP contribution < -0.4 is 31.1 Å². The molecule has 0 bridgehead atoms. The minimum Gasteiger partial charge on any atom is -0.335 e. The minimum atomic E-state index is 0.00274. The van der Waals surface area contributed by atoms with Gasteiger partial charge in [-0.2, -0.15) is 0 Å². The van der Waals surface area contributed by atoms with Crippen LogP contribution in [0.15, 0.2) is 158 Å². The largest absolute Gasteiger partial charge is 0.335 e. The highest BCUT2D eigenvalue weighted by Gasteiger charge is 2.61. The molecule has 0 saturated heterocycles. The summed E-state index contributed by atoms with van der Waals surface area (Å²) in [6, 6.07) is 59.9. The summed E-state index contributed by atoms with van der Waals surface area (Å²) in [5, 5.41) is 2.52. The molecule has 8 aromatic carbocycles. The minimum absolute atomic E-state index is 0.00274. The molecule has 1 fully saturated rings. The standard InChI is InChI=1S/C58H52BN3/c1-37-31-39(3)55(40(4)32-37)60(44-22-14-19-42(35-44)47-24-15-18-41-17-10-11-23-46(41)47)45-27-28-49-51(36-45)61(43-20-8-7-9-21-43)52-33-38(2)34-53-54(52)59(49)50-26-16-25-48-56(50)62(53)58(6)30-13-12-29-57(48,58)5/h7-11,14-28,31-36H,12-13,29-30H2,1-6H3. The number of para-hydroxylation sites is 2.